The van der Waals surface area contributed by atoms with Crippen molar-refractivity contribution in [3.05, 3.63) is 117 Å². The van der Waals surface area contributed by atoms with Gasteiger partial charge in [-0.2, -0.15) is 5.26 Å². The lowest BCUT2D eigenvalue weighted by Crippen LogP contribution is -2.28. The summed E-state index contributed by atoms with van der Waals surface area (Å²) in [6, 6.07) is 18.8. The molecule has 0 aliphatic heterocycles. The van der Waals surface area contributed by atoms with Crippen LogP contribution in [0.25, 0.3) is 16.8 Å². The molecule has 3 aromatic carbocycles. The molecule has 0 bridgehead atoms. The Hall–Kier alpha value is -4.88. The molecule has 0 saturated carbocycles. The lowest BCUT2D eigenvalue weighted by atomic mass is 9.91. The van der Waals surface area contributed by atoms with E-state index in [0.29, 0.717) is 47.6 Å². The van der Waals surface area contributed by atoms with Crippen LogP contribution in [0.3, 0.4) is 0 Å². The van der Waals surface area contributed by atoms with Gasteiger partial charge in [0, 0.05) is 48.9 Å². The second-order valence-corrected chi connectivity index (χ2v) is 10.6. The molecule has 0 spiro atoms. The number of aliphatic hydroxyl groups excluding tert-OH is 1. The summed E-state index contributed by atoms with van der Waals surface area (Å²) in [4.78, 5) is 15.8. The zero-order valence-corrected chi connectivity index (χ0v) is 25.3. The van der Waals surface area contributed by atoms with Gasteiger partial charge in [-0.05, 0) is 60.2 Å². The molecule has 1 aromatic heterocycles. The number of ether oxygens (including phenoxy) is 2. The molecule has 0 aliphatic rings. The van der Waals surface area contributed by atoms with Crippen molar-refractivity contribution in [3.8, 4) is 28.7 Å². The summed E-state index contributed by atoms with van der Waals surface area (Å²) in [6.45, 7) is 4.92. The number of benzene rings is 3. The Morgan fingerprint density at radius 2 is 1.77 bits per heavy atom. The first kappa shape index (κ1) is 32.0. The Labute approximate surface area is 261 Å². The van der Waals surface area contributed by atoms with Gasteiger partial charge in [-0.25, -0.2) is 5.84 Å². The highest BCUT2D eigenvalue weighted by Crippen LogP contribution is 2.35. The summed E-state index contributed by atoms with van der Waals surface area (Å²) >= 11 is 6.47. The van der Waals surface area contributed by atoms with Crippen molar-refractivity contribution in [2.75, 3.05) is 13.2 Å². The molecule has 5 N–H and O–H groups in total. The van der Waals surface area contributed by atoms with Crippen LogP contribution < -0.4 is 21.1 Å². The molecule has 1 heterocycles. The molecule has 0 fully saturated rings. The highest BCUT2D eigenvalue weighted by Gasteiger charge is 2.15. The fourth-order valence-electron chi connectivity index (χ4n) is 4.76. The van der Waals surface area contributed by atoms with E-state index in [-0.39, 0.29) is 30.4 Å². The number of aldehydes is 1. The number of aromatic nitrogens is 1. The van der Waals surface area contributed by atoms with Gasteiger partial charge >= 0.3 is 0 Å². The number of carbonyl (C=O) groups excluding carboxylic acids is 1. The summed E-state index contributed by atoms with van der Waals surface area (Å²) < 4.78 is 12.0. The first-order valence-corrected chi connectivity index (χ1v) is 14.3. The van der Waals surface area contributed by atoms with Gasteiger partial charge in [-0.1, -0.05) is 48.0 Å². The first-order chi connectivity index (χ1) is 21.2. The van der Waals surface area contributed by atoms with Gasteiger partial charge in [0.05, 0.1) is 21.8 Å². The molecule has 0 radical (unpaired) electrons. The summed E-state index contributed by atoms with van der Waals surface area (Å²) in [5, 5.41) is 19.9. The number of hydrogen-bond acceptors (Lipinski definition) is 9. The van der Waals surface area contributed by atoms with Gasteiger partial charge in [0.2, 0.25) is 0 Å². The van der Waals surface area contributed by atoms with E-state index >= 15 is 0 Å². The molecule has 226 valence electrons. The molecule has 4 aromatic rings. The Balaban J connectivity index is 1.55. The lowest BCUT2D eigenvalue weighted by Gasteiger charge is -2.18. The normalized spacial score (nSPS) is 11.1. The number of halogens is 1. The van der Waals surface area contributed by atoms with Crippen molar-refractivity contribution in [3.63, 3.8) is 0 Å². The molecule has 0 saturated heterocycles. The lowest BCUT2D eigenvalue weighted by molar-refractivity contribution is 0.111. The van der Waals surface area contributed by atoms with Gasteiger partial charge < -0.3 is 25.3 Å². The number of rotatable bonds is 13. The van der Waals surface area contributed by atoms with E-state index in [4.69, 9.17) is 43.0 Å². The van der Waals surface area contributed by atoms with E-state index in [2.05, 4.69) is 11.1 Å². The van der Waals surface area contributed by atoms with Gasteiger partial charge in [-0.3, -0.25) is 9.78 Å². The molecule has 0 atom stereocenters. The minimum Gasteiger partial charge on any atom is -0.488 e. The fraction of sp³-hybridized carbons (Fsp3) is 0.206. The van der Waals surface area contributed by atoms with Crippen molar-refractivity contribution in [1.29, 1.82) is 5.26 Å². The third-order valence-corrected chi connectivity index (χ3v) is 7.45. The van der Waals surface area contributed by atoms with Crippen molar-refractivity contribution < 1.29 is 19.4 Å². The van der Waals surface area contributed by atoms with E-state index in [9.17, 15) is 4.79 Å². The van der Waals surface area contributed by atoms with Crippen LogP contribution in [0.15, 0.2) is 73.2 Å². The number of aliphatic hydroxyl groups is 1. The Morgan fingerprint density at radius 3 is 2.50 bits per heavy atom. The molecule has 0 amide bonds. The number of carbonyl (C=O) groups is 1. The number of hydrazine groups is 1. The van der Waals surface area contributed by atoms with E-state index in [1.165, 1.54) is 17.3 Å². The van der Waals surface area contributed by atoms with E-state index in [0.717, 1.165) is 33.4 Å². The maximum absolute atomic E-state index is 11.7. The van der Waals surface area contributed by atoms with E-state index in [1.54, 1.807) is 24.5 Å². The SMILES string of the molecule is Cc1c(COc2cc(OCc3cncc(C#N)c3)c(C=O)cc2Cl)cccc1-c1cccc(/C(N)=C/N(N)CCCO)c1C. The number of nitrogens with two attached hydrogens (primary N) is 2. The topological polar surface area (TPSA) is 148 Å². The molecule has 9 nitrogen and oxygen atoms in total. The monoisotopic (exact) mass is 611 g/mol. The average molecular weight is 612 g/mol. The fourth-order valence-corrected chi connectivity index (χ4v) is 4.99. The molecule has 10 heteroatoms. The number of hydrogen-bond donors (Lipinski definition) is 3. The second-order valence-electron chi connectivity index (χ2n) is 10.2. The molecule has 4 rings (SSSR count). The van der Waals surface area contributed by atoms with Crippen LogP contribution in [0.1, 0.15) is 50.2 Å². The maximum Gasteiger partial charge on any atom is 0.153 e. The molecule has 0 unspecified atom stereocenters. The average Bonchev–Trinajstić information content (AvgIpc) is 3.03. The standard InChI is InChI=1S/C34H34ClN5O4/c1-22-26(6-3-7-28(22)29-8-4-9-30(23(29)2)32(37)18-40(38)10-5-11-41)21-44-34-14-33(27(19-42)13-31(34)35)43-20-25-12-24(15-36)16-39-17-25/h3-4,6-9,12-14,16-19,41H,5,10-11,20-21,37-38H2,1-2H3/b32-18-. The third kappa shape index (κ3) is 7.74. The van der Waals surface area contributed by atoms with Crippen molar-refractivity contribution >= 4 is 23.6 Å². The van der Waals surface area contributed by atoms with E-state index in [1.807, 2.05) is 50.2 Å². The van der Waals surface area contributed by atoms with Crippen molar-refractivity contribution in [1.82, 2.24) is 9.99 Å². The van der Waals surface area contributed by atoms with Crippen LogP contribution in [0.5, 0.6) is 11.5 Å². The minimum absolute atomic E-state index is 0.0532. The zero-order valence-electron chi connectivity index (χ0n) is 24.6. The summed E-state index contributed by atoms with van der Waals surface area (Å²) in [5.41, 5.74) is 14.2. The summed E-state index contributed by atoms with van der Waals surface area (Å²) in [6.07, 6.45) is 5.95. The van der Waals surface area contributed by atoms with Crippen LogP contribution in [-0.4, -0.2) is 34.5 Å². The third-order valence-electron chi connectivity index (χ3n) is 7.15. The highest BCUT2D eigenvalue weighted by atomic mass is 35.5. The van der Waals surface area contributed by atoms with Crippen molar-refractivity contribution in [2.24, 2.45) is 11.6 Å². The zero-order chi connectivity index (χ0) is 31.6. The Morgan fingerprint density at radius 1 is 1.05 bits per heavy atom. The van der Waals surface area contributed by atoms with Crippen LogP contribution in [0.4, 0.5) is 0 Å². The number of nitriles is 1. The number of nitrogens with zero attached hydrogens (tertiary/aromatic N) is 3. The van der Waals surface area contributed by atoms with Gasteiger partial charge in [-0.15, -0.1) is 0 Å². The van der Waals surface area contributed by atoms with Crippen molar-refractivity contribution in [2.45, 2.75) is 33.5 Å². The van der Waals surface area contributed by atoms with E-state index < -0.39 is 0 Å². The van der Waals surface area contributed by atoms with Gasteiger partial charge in [0.15, 0.2) is 6.29 Å². The number of pyridine rings is 1. The second kappa shape index (κ2) is 15.0. The minimum atomic E-state index is 0.0532. The molecule has 44 heavy (non-hydrogen) atoms. The predicted octanol–water partition coefficient (Wildman–Crippen LogP) is 5.68. The molecule has 0 aliphatic carbocycles. The van der Waals surface area contributed by atoms with Crippen LogP contribution in [-0.2, 0) is 13.2 Å². The van der Waals surface area contributed by atoms with Crippen LogP contribution in [0, 0.1) is 25.2 Å². The maximum atomic E-state index is 11.7. The Kier molecular flexibility index (Phi) is 10.9. The quantitative estimate of drug-likeness (QED) is 0.0986. The Bertz CT molecular complexity index is 1720. The van der Waals surface area contributed by atoms with Crippen LogP contribution in [0.2, 0.25) is 5.02 Å². The highest BCUT2D eigenvalue weighted by molar-refractivity contribution is 6.32. The van der Waals surface area contributed by atoms with Gasteiger partial charge in [0.1, 0.15) is 30.8 Å². The smallest absolute Gasteiger partial charge is 0.153 e. The van der Waals surface area contributed by atoms with Gasteiger partial charge in [0.25, 0.3) is 0 Å². The summed E-state index contributed by atoms with van der Waals surface area (Å²) in [7, 11) is 0. The predicted molar refractivity (Wildman–Crippen MR) is 171 cm³/mol. The first-order valence-electron chi connectivity index (χ1n) is 13.9. The van der Waals surface area contributed by atoms with Crippen LogP contribution >= 0.6 is 11.6 Å². The largest absolute Gasteiger partial charge is 0.488 e. The molecular weight excluding hydrogens is 578 g/mol. The summed E-state index contributed by atoms with van der Waals surface area (Å²) in [5.74, 6) is 6.69. The molecular formula is C34H34ClN5O4.